The summed E-state index contributed by atoms with van der Waals surface area (Å²) in [5, 5.41) is 5.45. The molecule has 0 spiro atoms. The number of nitrogens with two attached hydrogens (primary N) is 1. The van der Waals surface area contributed by atoms with Gasteiger partial charge in [0.1, 0.15) is 6.04 Å². The van der Waals surface area contributed by atoms with Crippen molar-refractivity contribution in [3.05, 3.63) is 96.1 Å². The topological polar surface area (TPSA) is 114 Å². The Hall–Kier alpha value is -4.01. The fourth-order valence-electron chi connectivity index (χ4n) is 3.73. The molecule has 0 aliphatic heterocycles. The Morgan fingerprint density at radius 1 is 0.921 bits per heavy atom. The zero-order valence-corrected chi connectivity index (χ0v) is 22.1. The molecule has 8 heteroatoms. The standard InChI is InChI=1S/C30H36N4O4/c1-4-34(28(36)25-18-12-11-17-24(25)23-15-9-6-10-16-23)21-32-27(35)26(33-29(37)30(2,3)31)20-38-19-22-13-7-5-8-14-22/h5-18,26H,4,19-21,31H2,1-3H3,(H,32,35)(H,33,37). The number of rotatable bonds is 12. The highest BCUT2D eigenvalue weighted by molar-refractivity contribution is 6.01. The molecule has 0 aliphatic rings. The first kappa shape index (κ1) is 28.6. The van der Waals surface area contributed by atoms with Crippen molar-refractivity contribution in [1.29, 1.82) is 0 Å². The molecule has 0 bridgehead atoms. The van der Waals surface area contributed by atoms with Gasteiger partial charge in [-0.05, 0) is 43.5 Å². The Balaban J connectivity index is 1.69. The molecule has 0 aromatic heterocycles. The summed E-state index contributed by atoms with van der Waals surface area (Å²) in [7, 11) is 0. The molecule has 0 saturated heterocycles. The quantitative estimate of drug-likeness (QED) is 0.320. The van der Waals surface area contributed by atoms with E-state index in [-0.39, 0.29) is 25.8 Å². The van der Waals surface area contributed by atoms with Crippen LogP contribution in [0.25, 0.3) is 11.1 Å². The second kappa shape index (κ2) is 13.5. The fourth-order valence-corrected chi connectivity index (χ4v) is 3.73. The van der Waals surface area contributed by atoms with Gasteiger partial charge in [-0.1, -0.05) is 78.9 Å². The molecule has 0 fully saturated rings. The third kappa shape index (κ3) is 7.99. The summed E-state index contributed by atoms with van der Waals surface area (Å²) < 4.78 is 5.73. The van der Waals surface area contributed by atoms with Crippen LogP contribution in [0.15, 0.2) is 84.9 Å². The zero-order valence-electron chi connectivity index (χ0n) is 22.1. The third-order valence-corrected chi connectivity index (χ3v) is 5.96. The lowest BCUT2D eigenvalue weighted by atomic mass is 9.99. The highest BCUT2D eigenvalue weighted by Gasteiger charge is 2.29. The number of nitrogens with one attached hydrogen (secondary N) is 2. The number of amides is 3. The van der Waals surface area contributed by atoms with Crippen LogP contribution in [-0.2, 0) is 20.9 Å². The van der Waals surface area contributed by atoms with E-state index in [1.54, 1.807) is 19.9 Å². The average molecular weight is 517 g/mol. The maximum absolute atomic E-state index is 13.5. The van der Waals surface area contributed by atoms with Crippen molar-refractivity contribution in [3.63, 3.8) is 0 Å². The summed E-state index contributed by atoms with van der Waals surface area (Å²) in [6.07, 6.45) is 0. The highest BCUT2D eigenvalue weighted by Crippen LogP contribution is 2.24. The Kier molecular flexibility index (Phi) is 10.2. The summed E-state index contributed by atoms with van der Waals surface area (Å²) in [6.45, 7) is 5.53. The molecule has 0 heterocycles. The van der Waals surface area contributed by atoms with Gasteiger partial charge in [-0.15, -0.1) is 0 Å². The van der Waals surface area contributed by atoms with Gasteiger partial charge < -0.3 is 26.0 Å². The number of carbonyl (C=O) groups is 3. The van der Waals surface area contributed by atoms with Gasteiger partial charge >= 0.3 is 0 Å². The number of nitrogens with zero attached hydrogens (tertiary/aromatic N) is 1. The first-order valence-corrected chi connectivity index (χ1v) is 12.6. The summed E-state index contributed by atoms with van der Waals surface area (Å²) in [5.41, 5.74) is 7.97. The van der Waals surface area contributed by atoms with Gasteiger partial charge in [0.15, 0.2) is 0 Å². The summed E-state index contributed by atoms with van der Waals surface area (Å²) in [6, 6.07) is 25.6. The van der Waals surface area contributed by atoms with Crippen molar-refractivity contribution in [3.8, 4) is 11.1 Å². The van der Waals surface area contributed by atoms with Gasteiger partial charge in [-0.3, -0.25) is 14.4 Å². The first-order chi connectivity index (χ1) is 18.2. The number of ether oxygens (including phenoxy) is 1. The minimum absolute atomic E-state index is 0.0334. The molecule has 3 aromatic rings. The SMILES string of the molecule is CCN(CNC(=O)C(COCc1ccccc1)NC(=O)C(C)(C)N)C(=O)c1ccccc1-c1ccccc1. The Bertz CT molecular complexity index is 1210. The predicted octanol–water partition coefficient (Wildman–Crippen LogP) is 3.33. The zero-order chi connectivity index (χ0) is 27.5. The highest BCUT2D eigenvalue weighted by atomic mass is 16.5. The van der Waals surface area contributed by atoms with Crippen LogP contribution in [0.5, 0.6) is 0 Å². The van der Waals surface area contributed by atoms with Crippen LogP contribution < -0.4 is 16.4 Å². The van der Waals surface area contributed by atoms with E-state index in [9.17, 15) is 14.4 Å². The molecule has 38 heavy (non-hydrogen) atoms. The monoisotopic (exact) mass is 516 g/mol. The van der Waals surface area contributed by atoms with Crippen LogP contribution in [0.3, 0.4) is 0 Å². The van der Waals surface area contributed by atoms with Crippen molar-refractivity contribution >= 4 is 17.7 Å². The molecule has 3 amide bonds. The molecule has 8 nitrogen and oxygen atoms in total. The largest absolute Gasteiger partial charge is 0.374 e. The molecule has 0 saturated carbocycles. The van der Waals surface area contributed by atoms with E-state index in [4.69, 9.17) is 10.5 Å². The number of benzene rings is 3. The third-order valence-electron chi connectivity index (χ3n) is 5.96. The van der Waals surface area contributed by atoms with Gasteiger partial charge in [0.25, 0.3) is 5.91 Å². The smallest absolute Gasteiger partial charge is 0.255 e. The first-order valence-electron chi connectivity index (χ1n) is 12.6. The number of hydrogen-bond donors (Lipinski definition) is 3. The van der Waals surface area contributed by atoms with E-state index < -0.39 is 23.4 Å². The molecule has 1 atom stereocenters. The van der Waals surface area contributed by atoms with Crippen LogP contribution in [0.4, 0.5) is 0 Å². The summed E-state index contributed by atoms with van der Waals surface area (Å²) >= 11 is 0. The number of carbonyl (C=O) groups excluding carboxylic acids is 3. The van der Waals surface area contributed by atoms with E-state index in [0.29, 0.717) is 12.1 Å². The molecule has 3 aromatic carbocycles. The van der Waals surface area contributed by atoms with E-state index in [1.165, 1.54) is 4.90 Å². The molecule has 0 aliphatic carbocycles. The van der Waals surface area contributed by atoms with Crippen LogP contribution in [0.1, 0.15) is 36.7 Å². The molecule has 4 N–H and O–H groups in total. The lowest BCUT2D eigenvalue weighted by Crippen LogP contribution is -2.58. The van der Waals surface area contributed by atoms with Gasteiger partial charge in [0.2, 0.25) is 11.8 Å². The Morgan fingerprint density at radius 2 is 1.53 bits per heavy atom. The molecular weight excluding hydrogens is 480 g/mol. The van der Waals surface area contributed by atoms with E-state index >= 15 is 0 Å². The molecular formula is C30H36N4O4. The maximum atomic E-state index is 13.5. The van der Waals surface area contributed by atoms with Gasteiger partial charge in [0.05, 0.1) is 25.4 Å². The molecule has 3 rings (SSSR count). The maximum Gasteiger partial charge on any atom is 0.255 e. The van der Waals surface area contributed by atoms with Gasteiger partial charge in [-0.2, -0.15) is 0 Å². The van der Waals surface area contributed by atoms with Gasteiger partial charge in [-0.25, -0.2) is 0 Å². The van der Waals surface area contributed by atoms with E-state index in [0.717, 1.165) is 16.7 Å². The molecule has 0 radical (unpaired) electrons. The van der Waals surface area contributed by atoms with Crippen molar-refractivity contribution in [2.75, 3.05) is 19.8 Å². The van der Waals surface area contributed by atoms with Crippen molar-refractivity contribution in [2.24, 2.45) is 5.73 Å². The fraction of sp³-hybridized carbons (Fsp3) is 0.300. The van der Waals surface area contributed by atoms with Gasteiger partial charge in [0, 0.05) is 12.1 Å². The Morgan fingerprint density at radius 3 is 2.16 bits per heavy atom. The Labute approximate surface area is 224 Å². The van der Waals surface area contributed by atoms with E-state index in [1.807, 2.05) is 85.8 Å². The lowest BCUT2D eigenvalue weighted by Gasteiger charge is -2.26. The summed E-state index contributed by atoms with van der Waals surface area (Å²) in [5.74, 6) is -1.17. The second-order valence-electron chi connectivity index (χ2n) is 9.52. The normalized spacial score (nSPS) is 11.9. The van der Waals surface area contributed by atoms with Crippen LogP contribution >= 0.6 is 0 Å². The number of hydrogen-bond acceptors (Lipinski definition) is 5. The second-order valence-corrected chi connectivity index (χ2v) is 9.52. The van der Waals surface area contributed by atoms with Crippen LogP contribution in [0.2, 0.25) is 0 Å². The minimum Gasteiger partial charge on any atom is -0.374 e. The predicted molar refractivity (Wildman–Crippen MR) is 148 cm³/mol. The molecule has 1 unspecified atom stereocenters. The van der Waals surface area contributed by atoms with Crippen molar-refractivity contribution < 1.29 is 19.1 Å². The minimum atomic E-state index is -1.18. The lowest BCUT2D eigenvalue weighted by molar-refractivity contribution is -0.133. The van der Waals surface area contributed by atoms with E-state index in [2.05, 4.69) is 10.6 Å². The molecule has 200 valence electrons. The van der Waals surface area contributed by atoms with Crippen molar-refractivity contribution in [2.45, 2.75) is 39.0 Å². The van der Waals surface area contributed by atoms with Crippen LogP contribution in [-0.4, -0.2) is 54.0 Å². The average Bonchev–Trinajstić information content (AvgIpc) is 2.93. The van der Waals surface area contributed by atoms with Crippen LogP contribution in [0, 0.1) is 0 Å². The van der Waals surface area contributed by atoms with Crippen molar-refractivity contribution in [1.82, 2.24) is 15.5 Å². The summed E-state index contributed by atoms with van der Waals surface area (Å²) in [4.78, 5) is 40.7.